The van der Waals surface area contributed by atoms with E-state index in [0.717, 1.165) is 28.8 Å². The van der Waals surface area contributed by atoms with Crippen LogP contribution >= 0.6 is 0 Å². The molecule has 0 saturated carbocycles. The lowest BCUT2D eigenvalue weighted by Gasteiger charge is -2.09. The van der Waals surface area contributed by atoms with Crippen LogP contribution < -0.4 is 10.3 Å². The van der Waals surface area contributed by atoms with E-state index in [1.54, 1.807) is 6.07 Å². The first kappa shape index (κ1) is 23.5. The molecule has 0 bridgehead atoms. The van der Waals surface area contributed by atoms with Crippen LogP contribution in [0.25, 0.3) is 6.08 Å². The number of hydrogen-bond acceptors (Lipinski definition) is 5. The first-order chi connectivity index (χ1) is 17.1. The predicted molar refractivity (Wildman–Crippen MR) is 134 cm³/mol. The van der Waals surface area contributed by atoms with Crippen LogP contribution in [0.1, 0.15) is 51.1 Å². The molecular formula is C28H24N4O3. The second-order valence-corrected chi connectivity index (χ2v) is 7.90. The summed E-state index contributed by atoms with van der Waals surface area (Å²) in [5.41, 5.74) is 4.62. The molecule has 2 heterocycles. The number of carbonyl (C=O) groups excluding carboxylic acids is 1. The van der Waals surface area contributed by atoms with E-state index in [0.29, 0.717) is 18.5 Å². The van der Waals surface area contributed by atoms with Crippen molar-refractivity contribution in [2.45, 2.75) is 26.2 Å². The number of benzene rings is 2. The van der Waals surface area contributed by atoms with Gasteiger partial charge in [-0.15, -0.1) is 6.42 Å². The van der Waals surface area contributed by atoms with E-state index in [1.165, 1.54) is 11.6 Å². The Labute approximate surface area is 202 Å². The quantitative estimate of drug-likeness (QED) is 0.302. The number of esters is 1. The Bertz CT molecular complexity index is 1460. The van der Waals surface area contributed by atoms with Gasteiger partial charge in [-0.2, -0.15) is 10.2 Å². The Kier molecular flexibility index (Phi) is 7.34. The molecule has 0 aliphatic heterocycles. The molecule has 0 radical (unpaired) electrons. The number of aromatic nitrogens is 4. The van der Waals surface area contributed by atoms with Gasteiger partial charge in [-0.25, -0.2) is 9.89 Å². The van der Waals surface area contributed by atoms with Gasteiger partial charge in [-0.1, -0.05) is 60.5 Å². The summed E-state index contributed by atoms with van der Waals surface area (Å²) in [4.78, 5) is 24.9. The summed E-state index contributed by atoms with van der Waals surface area (Å²) >= 11 is 0. The lowest BCUT2D eigenvalue weighted by Crippen LogP contribution is -2.19. The highest BCUT2D eigenvalue weighted by atomic mass is 16.5. The van der Waals surface area contributed by atoms with Crippen LogP contribution in [0.5, 0.6) is 5.75 Å². The van der Waals surface area contributed by atoms with Crippen molar-refractivity contribution in [2.75, 3.05) is 0 Å². The summed E-state index contributed by atoms with van der Waals surface area (Å²) < 4.78 is 5.37. The Balaban J connectivity index is 1.47. The maximum Gasteiger partial charge on any atom is 0.361 e. The van der Waals surface area contributed by atoms with Crippen molar-refractivity contribution in [1.82, 2.24) is 20.4 Å². The Morgan fingerprint density at radius 1 is 1.03 bits per heavy atom. The molecule has 174 valence electrons. The zero-order valence-corrected chi connectivity index (χ0v) is 19.2. The molecule has 0 fully saturated rings. The van der Waals surface area contributed by atoms with Crippen molar-refractivity contribution in [3.63, 3.8) is 0 Å². The van der Waals surface area contributed by atoms with Crippen LogP contribution in [0.2, 0.25) is 0 Å². The van der Waals surface area contributed by atoms with Gasteiger partial charge in [0.2, 0.25) is 0 Å². The van der Waals surface area contributed by atoms with Crippen molar-refractivity contribution in [1.29, 1.82) is 0 Å². The summed E-state index contributed by atoms with van der Waals surface area (Å²) in [6.07, 6.45) is 11.3. The second-order valence-electron chi connectivity index (χ2n) is 7.90. The summed E-state index contributed by atoms with van der Waals surface area (Å²) in [5, 5.41) is 13.4. The molecule has 35 heavy (non-hydrogen) atoms. The number of aromatic amines is 2. The fourth-order valence-corrected chi connectivity index (χ4v) is 3.71. The number of allylic oxidation sites excluding steroid dienone is 1. The molecule has 0 saturated heterocycles. The van der Waals surface area contributed by atoms with Gasteiger partial charge < -0.3 is 4.74 Å². The highest BCUT2D eigenvalue weighted by Crippen LogP contribution is 2.20. The molecule has 0 aliphatic carbocycles. The minimum absolute atomic E-state index is 0.138. The van der Waals surface area contributed by atoms with E-state index >= 15 is 0 Å². The second kappa shape index (κ2) is 10.9. The van der Waals surface area contributed by atoms with E-state index in [-0.39, 0.29) is 11.4 Å². The third kappa shape index (κ3) is 5.81. The summed E-state index contributed by atoms with van der Waals surface area (Å²) in [5.74, 6) is 1.85. The number of nitrogens with zero attached hydrogens (tertiary/aromatic N) is 2. The minimum Gasteiger partial charge on any atom is -0.416 e. The van der Waals surface area contributed by atoms with Gasteiger partial charge in [0, 0.05) is 18.1 Å². The normalized spacial score (nSPS) is 10.9. The van der Waals surface area contributed by atoms with Gasteiger partial charge >= 0.3 is 11.5 Å². The standard InChI is InChI=1S/C28H24N4O3/c1-3-9-24-20(4-2)12-8-13-21(24)16-23-18-26(27(33)32-30-23)35-28(34)25-17-22(29-31-25)15-14-19-10-6-5-7-11-19/h2-3,5-13,17-18H,14-16H2,1H3,(H,29,31)(H,32,33)/b9-3-. The third-order valence-electron chi connectivity index (χ3n) is 5.45. The van der Waals surface area contributed by atoms with Crippen LogP contribution in [0.3, 0.4) is 0 Å². The first-order valence-corrected chi connectivity index (χ1v) is 11.2. The van der Waals surface area contributed by atoms with Crippen molar-refractivity contribution in [3.8, 4) is 18.1 Å². The van der Waals surface area contributed by atoms with Crippen LogP contribution in [-0.2, 0) is 19.3 Å². The van der Waals surface area contributed by atoms with Gasteiger partial charge in [0.15, 0.2) is 5.75 Å². The number of hydrogen-bond donors (Lipinski definition) is 2. The highest BCUT2D eigenvalue weighted by molar-refractivity contribution is 5.89. The van der Waals surface area contributed by atoms with Crippen molar-refractivity contribution in [2.24, 2.45) is 0 Å². The molecule has 2 N–H and O–H groups in total. The lowest BCUT2D eigenvalue weighted by molar-refractivity contribution is 0.0725. The average molecular weight is 465 g/mol. The number of H-pyrrole nitrogens is 2. The third-order valence-corrected chi connectivity index (χ3v) is 5.45. The van der Waals surface area contributed by atoms with Crippen LogP contribution in [0.15, 0.2) is 71.5 Å². The fourth-order valence-electron chi connectivity index (χ4n) is 3.71. The topological polar surface area (TPSA) is 101 Å². The van der Waals surface area contributed by atoms with E-state index in [4.69, 9.17) is 11.2 Å². The monoisotopic (exact) mass is 464 g/mol. The predicted octanol–water partition coefficient (Wildman–Crippen LogP) is 4.10. The largest absolute Gasteiger partial charge is 0.416 e. The van der Waals surface area contributed by atoms with Gasteiger partial charge in [-0.3, -0.25) is 9.89 Å². The van der Waals surface area contributed by atoms with Crippen molar-refractivity contribution in [3.05, 3.63) is 116 Å². The van der Waals surface area contributed by atoms with Crippen molar-refractivity contribution >= 4 is 12.0 Å². The molecule has 0 atom stereocenters. The van der Waals surface area contributed by atoms with E-state index in [9.17, 15) is 9.59 Å². The van der Waals surface area contributed by atoms with Gasteiger partial charge in [0.05, 0.1) is 11.4 Å². The molecule has 7 heteroatoms. The number of ether oxygens (including phenoxy) is 1. The van der Waals surface area contributed by atoms with Gasteiger partial charge in [0.25, 0.3) is 0 Å². The molecule has 0 unspecified atom stereocenters. The van der Waals surface area contributed by atoms with Gasteiger partial charge in [0.1, 0.15) is 5.69 Å². The smallest absolute Gasteiger partial charge is 0.361 e. The number of aryl methyl sites for hydroxylation is 2. The summed E-state index contributed by atoms with van der Waals surface area (Å²) in [6, 6.07) is 18.8. The van der Waals surface area contributed by atoms with Crippen LogP contribution in [0.4, 0.5) is 0 Å². The number of rotatable bonds is 8. The molecular weight excluding hydrogens is 440 g/mol. The zero-order valence-electron chi connectivity index (χ0n) is 19.2. The number of nitrogens with one attached hydrogen (secondary N) is 2. The highest BCUT2D eigenvalue weighted by Gasteiger charge is 2.16. The Morgan fingerprint density at radius 2 is 1.83 bits per heavy atom. The maximum absolute atomic E-state index is 12.6. The zero-order chi connectivity index (χ0) is 24.6. The van der Waals surface area contributed by atoms with Crippen molar-refractivity contribution < 1.29 is 9.53 Å². The first-order valence-electron chi connectivity index (χ1n) is 11.2. The minimum atomic E-state index is -0.699. The SMILES string of the molecule is C#Cc1cccc(Cc2cc(OC(=O)c3cc(CCc4ccccc4)n[nH]3)c(=O)[nH]n2)c1/C=C\C. The van der Waals surface area contributed by atoms with Crippen LogP contribution in [0, 0.1) is 12.3 Å². The Morgan fingerprint density at radius 3 is 2.60 bits per heavy atom. The number of terminal acetylenes is 1. The maximum atomic E-state index is 12.6. The van der Waals surface area contributed by atoms with E-state index in [1.807, 2.05) is 67.6 Å². The lowest BCUT2D eigenvalue weighted by atomic mass is 9.97. The molecule has 0 spiro atoms. The van der Waals surface area contributed by atoms with Gasteiger partial charge in [-0.05, 0) is 48.6 Å². The molecule has 7 nitrogen and oxygen atoms in total. The Hall–Kier alpha value is -4.70. The van der Waals surface area contributed by atoms with E-state index < -0.39 is 11.5 Å². The van der Waals surface area contributed by atoms with E-state index in [2.05, 4.69) is 26.3 Å². The molecule has 2 aromatic carbocycles. The molecule has 4 rings (SSSR count). The summed E-state index contributed by atoms with van der Waals surface area (Å²) in [6.45, 7) is 1.91. The molecule has 2 aromatic heterocycles. The fraction of sp³-hybridized carbons (Fsp3) is 0.143. The molecule has 0 aliphatic rings. The molecule has 0 amide bonds. The number of carbonyl (C=O) groups is 1. The summed E-state index contributed by atoms with van der Waals surface area (Å²) in [7, 11) is 0. The molecule has 4 aromatic rings. The average Bonchev–Trinajstić information content (AvgIpc) is 3.36. The van der Waals surface area contributed by atoms with Crippen LogP contribution in [-0.4, -0.2) is 26.4 Å².